The van der Waals surface area contributed by atoms with Crippen LogP contribution in [0.5, 0.6) is 0 Å². The molecule has 0 spiro atoms. The van der Waals surface area contributed by atoms with Gasteiger partial charge in [0, 0.05) is 23.8 Å². The first-order valence-electron chi connectivity index (χ1n) is 8.56. The molecule has 0 unspecified atom stereocenters. The van der Waals surface area contributed by atoms with E-state index in [1.165, 1.54) is 17.0 Å². The van der Waals surface area contributed by atoms with Crippen molar-refractivity contribution in [2.24, 2.45) is 0 Å². The van der Waals surface area contributed by atoms with Crippen LogP contribution >= 0.6 is 24.0 Å². The minimum Gasteiger partial charge on any atom is -0.457 e. The van der Waals surface area contributed by atoms with Gasteiger partial charge in [-0.3, -0.25) is 19.8 Å². The molecule has 1 aromatic carbocycles. The van der Waals surface area contributed by atoms with Crippen LogP contribution in [-0.2, 0) is 14.6 Å². The van der Waals surface area contributed by atoms with E-state index in [4.69, 9.17) is 16.6 Å². The minimum atomic E-state index is -3.14. The van der Waals surface area contributed by atoms with E-state index in [1.807, 2.05) is 0 Å². The van der Waals surface area contributed by atoms with Gasteiger partial charge in [0.2, 0.25) is 0 Å². The third-order valence-electron chi connectivity index (χ3n) is 4.64. The van der Waals surface area contributed by atoms with Gasteiger partial charge in [0.05, 0.1) is 27.4 Å². The van der Waals surface area contributed by atoms with Crippen molar-refractivity contribution in [1.29, 1.82) is 0 Å². The van der Waals surface area contributed by atoms with Gasteiger partial charge in [-0.25, -0.2) is 8.42 Å². The number of nitro groups is 1. The van der Waals surface area contributed by atoms with Crippen molar-refractivity contribution >= 4 is 55.8 Å². The molecule has 2 aliphatic heterocycles. The van der Waals surface area contributed by atoms with Crippen LogP contribution in [0.2, 0.25) is 0 Å². The lowest BCUT2D eigenvalue weighted by Crippen LogP contribution is -2.39. The Balaban J connectivity index is 1.56. The number of carbonyl (C=O) groups excluding carboxylic acids is 1. The van der Waals surface area contributed by atoms with Crippen LogP contribution in [0.3, 0.4) is 0 Å². The van der Waals surface area contributed by atoms with Crippen molar-refractivity contribution in [1.82, 2.24) is 4.90 Å². The molecule has 2 aliphatic rings. The number of hydrogen-bond acceptors (Lipinski definition) is 8. The zero-order chi connectivity index (χ0) is 20.8. The number of non-ortho nitro benzene ring substituents is 1. The minimum absolute atomic E-state index is 0.0483. The Hall–Kier alpha value is -2.50. The number of benzene rings is 1. The molecule has 29 heavy (non-hydrogen) atoms. The first-order valence-corrected chi connectivity index (χ1v) is 11.6. The van der Waals surface area contributed by atoms with Gasteiger partial charge in [-0.1, -0.05) is 36.1 Å². The fourth-order valence-electron chi connectivity index (χ4n) is 3.26. The molecule has 2 aromatic rings. The van der Waals surface area contributed by atoms with E-state index in [0.717, 1.165) is 11.8 Å². The predicted octanol–water partition coefficient (Wildman–Crippen LogP) is 3.24. The topological polar surface area (TPSA) is 111 Å². The quantitative estimate of drug-likeness (QED) is 0.302. The molecule has 1 atom stereocenters. The number of carbonyl (C=O) groups is 1. The number of thiocarbonyl (C=S) groups is 1. The second-order valence-corrected chi connectivity index (χ2v) is 10.5. The number of sulfone groups is 1. The molecule has 8 nitrogen and oxygen atoms in total. The van der Waals surface area contributed by atoms with Crippen LogP contribution in [0.25, 0.3) is 17.4 Å². The number of nitro benzene ring substituents is 1. The normalized spacial score (nSPS) is 22.6. The highest BCUT2D eigenvalue weighted by Crippen LogP contribution is 2.37. The highest BCUT2D eigenvalue weighted by Gasteiger charge is 2.42. The summed E-state index contributed by atoms with van der Waals surface area (Å²) < 4.78 is 29.5. The van der Waals surface area contributed by atoms with Crippen LogP contribution in [0.1, 0.15) is 12.2 Å². The van der Waals surface area contributed by atoms with Crippen LogP contribution in [0.15, 0.2) is 45.7 Å². The Kier molecular flexibility index (Phi) is 5.05. The van der Waals surface area contributed by atoms with Crippen molar-refractivity contribution in [2.75, 3.05) is 11.5 Å². The van der Waals surface area contributed by atoms with Crippen molar-refractivity contribution in [3.05, 3.63) is 57.2 Å². The Morgan fingerprint density at radius 1 is 1.31 bits per heavy atom. The molecule has 1 amide bonds. The summed E-state index contributed by atoms with van der Waals surface area (Å²) in [5.41, 5.74) is 0.496. The van der Waals surface area contributed by atoms with Gasteiger partial charge in [-0.2, -0.15) is 0 Å². The SMILES string of the molecule is O=C1/C(=C/c2ccc(-c3cccc([N+](=O)[O-])c3)o2)SC(=S)N1[C@H]1CCS(=O)(=O)C1. The average molecular weight is 451 g/mol. The average Bonchev–Trinajstić information content (AvgIpc) is 3.34. The zero-order valence-corrected chi connectivity index (χ0v) is 17.3. The number of thioether (sulfide) groups is 1. The van der Waals surface area contributed by atoms with E-state index in [2.05, 4.69) is 0 Å². The maximum atomic E-state index is 12.8. The van der Waals surface area contributed by atoms with Gasteiger partial charge >= 0.3 is 0 Å². The molecule has 2 saturated heterocycles. The summed E-state index contributed by atoms with van der Waals surface area (Å²) in [6, 6.07) is 8.93. The maximum absolute atomic E-state index is 12.8. The Morgan fingerprint density at radius 3 is 2.79 bits per heavy atom. The van der Waals surface area contributed by atoms with Crippen molar-refractivity contribution in [3.63, 3.8) is 0 Å². The molecule has 2 fully saturated rings. The maximum Gasteiger partial charge on any atom is 0.270 e. The van der Waals surface area contributed by atoms with Crippen LogP contribution in [0.4, 0.5) is 5.69 Å². The van der Waals surface area contributed by atoms with E-state index in [-0.39, 0.29) is 23.1 Å². The van der Waals surface area contributed by atoms with E-state index in [1.54, 1.807) is 30.3 Å². The summed E-state index contributed by atoms with van der Waals surface area (Å²) in [6.07, 6.45) is 1.92. The lowest BCUT2D eigenvalue weighted by molar-refractivity contribution is -0.384. The molecular weight excluding hydrogens is 436 g/mol. The summed E-state index contributed by atoms with van der Waals surface area (Å²) >= 11 is 6.38. The Morgan fingerprint density at radius 2 is 2.10 bits per heavy atom. The molecule has 3 heterocycles. The van der Waals surface area contributed by atoms with E-state index in [0.29, 0.717) is 32.7 Å². The summed E-state index contributed by atoms with van der Waals surface area (Å²) in [5.74, 6) is 0.460. The highest BCUT2D eigenvalue weighted by molar-refractivity contribution is 8.26. The third-order valence-corrected chi connectivity index (χ3v) is 7.72. The van der Waals surface area contributed by atoms with Crippen molar-refractivity contribution < 1.29 is 22.6 Å². The monoisotopic (exact) mass is 450 g/mol. The molecule has 0 saturated carbocycles. The van der Waals surface area contributed by atoms with Gasteiger partial charge in [0.1, 0.15) is 15.8 Å². The summed E-state index contributed by atoms with van der Waals surface area (Å²) in [5, 5.41) is 10.9. The van der Waals surface area contributed by atoms with Crippen molar-refractivity contribution in [2.45, 2.75) is 12.5 Å². The predicted molar refractivity (Wildman–Crippen MR) is 113 cm³/mol. The van der Waals surface area contributed by atoms with E-state index in [9.17, 15) is 23.3 Å². The molecule has 0 N–H and O–H groups in total. The van der Waals surface area contributed by atoms with E-state index < -0.39 is 20.8 Å². The number of nitrogens with zero attached hydrogens (tertiary/aromatic N) is 2. The molecule has 150 valence electrons. The van der Waals surface area contributed by atoms with Crippen LogP contribution in [0, 0.1) is 10.1 Å². The first-order chi connectivity index (χ1) is 13.7. The molecule has 1 aromatic heterocycles. The van der Waals surface area contributed by atoms with Crippen molar-refractivity contribution in [3.8, 4) is 11.3 Å². The molecule has 11 heteroatoms. The Labute approximate surface area is 175 Å². The highest BCUT2D eigenvalue weighted by atomic mass is 32.2. The molecular formula is C18H14N2O6S3. The summed E-state index contributed by atoms with van der Waals surface area (Å²) in [7, 11) is -3.14. The molecule has 0 aliphatic carbocycles. The summed E-state index contributed by atoms with van der Waals surface area (Å²) in [6.45, 7) is 0. The molecule has 4 rings (SSSR count). The number of amides is 1. The number of furan rings is 1. The lowest BCUT2D eigenvalue weighted by Gasteiger charge is -2.20. The van der Waals surface area contributed by atoms with Gasteiger partial charge in [-0.15, -0.1) is 0 Å². The number of rotatable bonds is 4. The zero-order valence-electron chi connectivity index (χ0n) is 14.8. The molecule has 0 radical (unpaired) electrons. The van der Waals surface area contributed by atoms with Gasteiger partial charge in [-0.05, 0) is 18.6 Å². The van der Waals surface area contributed by atoms with Gasteiger partial charge in [0.25, 0.3) is 11.6 Å². The van der Waals surface area contributed by atoms with Crippen LogP contribution < -0.4 is 0 Å². The van der Waals surface area contributed by atoms with E-state index >= 15 is 0 Å². The standard InChI is InChI=1S/C18H14N2O6S3/c21-17-16(28-18(27)19(17)13-6-7-29(24,25)10-13)9-14-4-5-15(26-14)11-2-1-3-12(8-11)20(22)23/h1-5,8-9,13H,6-7,10H2/b16-9-/t13-/m0/s1. The fourth-order valence-corrected chi connectivity index (χ4v) is 6.34. The first kappa shape index (κ1) is 19.8. The van der Waals surface area contributed by atoms with Crippen LogP contribution in [-0.4, -0.2) is 46.0 Å². The fraction of sp³-hybridized carbons (Fsp3) is 0.222. The smallest absolute Gasteiger partial charge is 0.270 e. The molecule has 0 bridgehead atoms. The largest absolute Gasteiger partial charge is 0.457 e. The third kappa shape index (κ3) is 3.98. The van der Waals surface area contributed by atoms with Gasteiger partial charge in [0.15, 0.2) is 9.84 Å². The second kappa shape index (κ2) is 7.39. The second-order valence-electron chi connectivity index (χ2n) is 6.62. The Bertz CT molecular complexity index is 1170. The van der Waals surface area contributed by atoms with Gasteiger partial charge < -0.3 is 4.42 Å². The summed E-state index contributed by atoms with van der Waals surface area (Å²) in [4.78, 5) is 24.9. The lowest BCUT2D eigenvalue weighted by atomic mass is 10.1. The number of hydrogen-bond donors (Lipinski definition) is 0.